The molecule has 0 saturated heterocycles. The van der Waals surface area contributed by atoms with E-state index < -0.39 is 0 Å². The summed E-state index contributed by atoms with van der Waals surface area (Å²) in [4.78, 5) is 23.8. The minimum absolute atomic E-state index is 0.0247. The molecule has 0 radical (unpaired) electrons. The number of aromatic nitrogens is 2. The van der Waals surface area contributed by atoms with Crippen LogP contribution in [0.3, 0.4) is 0 Å². The first-order valence-electron chi connectivity index (χ1n) is 15.7. The van der Waals surface area contributed by atoms with Crippen LogP contribution in [-0.2, 0) is 13.0 Å². The highest BCUT2D eigenvalue weighted by Gasteiger charge is 2.20. The van der Waals surface area contributed by atoms with Crippen LogP contribution >= 0.6 is 0 Å². The summed E-state index contributed by atoms with van der Waals surface area (Å²) < 4.78 is 0. The van der Waals surface area contributed by atoms with Gasteiger partial charge in [0.05, 0.1) is 11.3 Å². The van der Waals surface area contributed by atoms with Crippen LogP contribution in [-0.4, -0.2) is 40.9 Å². The minimum Gasteiger partial charge on any atom is -0.334 e. The van der Waals surface area contributed by atoms with E-state index in [0.717, 1.165) is 38.0 Å². The lowest BCUT2D eigenvalue weighted by atomic mass is 9.95. The molecule has 0 aliphatic heterocycles. The van der Waals surface area contributed by atoms with Crippen molar-refractivity contribution in [1.29, 1.82) is 0 Å². The minimum atomic E-state index is 0.0247. The molecule has 2 atom stereocenters. The number of nitrogens with one attached hydrogen (secondary N) is 1. The van der Waals surface area contributed by atoms with E-state index in [1.54, 1.807) is 6.20 Å². The number of hydrogen-bond acceptors (Lipinski definition) is 4. The first kappa shape index (κ1) is 36.0. The van der Waals surface area contributed by atoms with Crippen LogP contribution in [0.1, 0.15) is 112 Å². The maximum absolute atomic E-state index is 13.2. The van der Waals surface area contributed by atoms with E-state index in [1.807, 2.05) is 45.7 Å². The molecule has 1 N–H and O–H groups in total. The van der Waals surface area contributed by atoms with Crippen LogP contribution in [0.5, 0.6) is 0 Å². The maximum atomic E-state index is 13.2. The fourth-order valence-electron chi connectivity index (χ4n) is 4.77. The Morgan fingerprint density at radius 2 is 1.56 bits per heavy atom. The van der Waals surface area contributed by atoms with Crippen molar-refractivity contribution in [3.63, 3.8) is 0 Å². The van der Waals surface area contributed by atoms with Gasteiger partial charge in [0.2, 0.25) is 0 Å². The molecule has 0 spiro atoms. The average molecular weight is 561 g/mol. The van der Waals surface area contributed by atoms with Crippen molar-refractivity contribution in [1.82, 2.24) is 20.2 Å². The van der Waals surface area contributed by atoms with Crippen molar-refractivity contribution < 1.29 is 4.79 Å². The number of nitrogens with zero attached hydrogens (tertiary/aromatic N) is 3. The van der Waals surface area contributed by atoms with Gasteiger partial charge in [0.25, 0.3) is 5.91 Å². The van der Waals surface area contributed by atoms with Gasteiger partial charge in [-0.2, -0.15) is 0 Å². The van der Waals surface area contributed by atoms with E-state index in [1.165, 1.54) is 29.5 Å². The Morgan fingerprint density at radius 1 is 0.927 bits per heavy atom. The first-order chi connectivity index (χ1) is 19.8. The van der Waals surface area contributed by atoms with Gasteiger partial charge in [-0.15, -0.1) is 0 Å². The fourth-order valence-corrected chi connectivity index (χ4v) is 4.77. The van der Waals surface area contributed by atoms with Crippen molar-refractivity contribution in [3.8, 4) is 0 Å². The molecule has 2 aromatic carbocycles. The van der Waals surface area contributed by atoms with E-state index in [2.05, 4.69) is 91.5 Å². The van der Waals surface area contributed by atoms with Crippen LogP contribution in [0.15, 0.2) is 60.8 Å². The van der Waals surface area contributed by atoms with E-state index in [9.17, 15) is 4.79 Å². The molecule has 1 heterocycles. The average Bonchev–Trinajstić information content (AvgIpc) is 3.00. The predicted molar refractivity (Wildman–Crippen MR) is 176 cm³/mol. The summed E-state index contributed by atoms with van der Waals surface area (Å²) in [7, 11) is 2.02. The summed E-state index contributed by atoms with van der Waals surface area (Å²) in [6.45, 7) is 19.0. The highest BCUT2D eigenvalue weighted by atomic mass is 16.2. The van der Waals surface area contributed by atoms with Gasteiger partial charge in [-0.3, -0.25) is 4.79 Å². The third-order valence-corrected chi connectivity index (χ3v) is 7.43. The van der Waals surface area contributed by atoms with E-state index in [4.69, 9.17) is 0 Å². The number of rotatable bonds is 13. The van der Waals surface area contributed by atoms with Crippen molar-refractivity contribution >= 4 is 5.91 Å². The molecule has 41 heavy (non-hydrogen) atoms. The van der Waals surface area contributed by atoms with Gasteiger partial charge < -0.3 is 10.2 Å². The lowest BCUT2D eigenvalue weighted by Gasteiger charge is -2.26. The van der Waals surface area contributed by atoms with Gasteiger partial charge >= 0.3 is 0 Å². The molecule has 5 nitrogen and oxygen atoms in total. The standard InChI is InChI=1S/C22H31N3O.C12H19N.C2H6/c1-6-16(3)12-13-25(15-20-11-9-8-10-19(20)7-2)22(26)21-14-23-18(5)24-17(21)4;1-3-7-12(10-13-2)11-8-5-4-6-9-11;1-2/h8-11,14,16H,6-7,12-13,15H2,1-5H3;4-6,8-9,12-13H,3,7,10H2,1-2H3;1-2H3. The van der Waals surface area contributed by atoms with Crippen molar-refractivity contribution in [2.45, 2.75) is 100.0 Å². The lowest BCUT2D eigenvalue weighted by Crippen LogP contribution is -2.33. The number of carbonyl (C=O) groups is 1. The van der Waals surface area contributed by atoms with Crippen molar-refractivity contribution in [2.75, 3.05) is 20.1 Å². The smallest absolute Gasteiger partial charge is 0.257 e. The number of likely N-dealkylation sites (N-methyl/N-ethyl adjacent to an activating group) is 1. The van der Waals surface area contributed by atoms with E-state index in [0.29, 0.717) is 29.8 Å². The fraction of sp³-hybridized carbons (Fsp3) is 0.528. The molecule has 0 fully saturated rings. The third-order valence-electron chi connectivity index (χ3n) is 7.43. The lowest BCUT2D eigenvalue weighted by molar-refractivity contribution is 0.0731. The highest BCUT2D eigenvalue weighted by molar-refractivity contribution is 5.94. The van der Waals surface area contributed by atoms with Crippen molar-refractivity contribution in [3.05, 3.63) is 94.6 Å². The first-order valence-corrected chi connectivity index (χ1v) is 15.7. The Hall–Kier alpha value is -3.05. The molecule has 5 heteroatoms. The SMILES string of the molecule is CC.CCCC(CNC)c1ccccc1.CCc1ccccc1CN(CCC(C)CC)C(=O)c1cnc(C)nc1C. The predicted octanol–water partition coefficient (Wildman–Crippen LogP) is 8.55. The van der Waals surface area contributed by atoms with Crippen LogP contribution in [0.2, 0.25) is 0 Å². The largest absolute Gasteiger partial charge is 0.334 e. The Labute approximate surface area is 251 Å². The molecule has 0 aliphatic carbocycles. The monoisotopic (exact) mass is 560 g/mol. The van der Waals surface area contributed by atoms with Gasteiger partial charge in [-0.1, -0.05) is 109 Å². The maximum Gasteiger partial charge on any atom is 0.257 e. The quantitative estimate of drug-likeness (QED) is 0.227. The summed E-state index contributed by atoms with van der Waals surface area (Å²) in [6, 6.07) is 19.1. The number of amides is 1. The van der Waals surface area contributed by atoms with Crippen LogP contribution < -0.4 is 5.32 Å². The summed E-state index contributed by atoms with van der Waals surface area (Å²) in [6.07, 6.45) is 7.28. The van der Waals surface area contributed by atoms with Gasteiger partial charge in [-0.05, 0) is 68.7 Å². The van der Waals surface area contributed by atoms with E-state index in [-0.39, 0.29) is 5.91 Å². The van der Waals surface area contributed by atoms with Crippen molar-refractivity contribution in [2.24, 2.45) is 5.92 Å². The number of hydrogen-bond donors (Lipinski definition) is 1. The second-order valence-corrected chi connectivity index (χ2v) is 10.5. The summed E-state index contributed by atoms with van der Waals surface area (Å²) in [5.41, 5.74) is 5.33. The van der Waals surface area contributed by atoms with Crippen LogP contribution in [0.4, 0.5) is 0 Å². The number of carbonyl (C=O) groups excluding carboxylic acids is 1. The Morgan fingerprint density at radius 3 is 2.12 bits per heavy atom. The normalized spacial score (nSPS) is 11.8. The van der Waals surface area contributed by atoms with Crippen LogP contribution in [0, 0.1) is 19.8 Å². The summed E-state index contributed by atoms with van der Waals surface area (Å²) >= 11 is 0. The second kappa shape index (κ2) is 20.8. The van der Waals surface area contributed by atoms with Gasteiger partial charge in [0.1, 0.15) is 5.82 Å². The van der Waals surface area contributed by atoms with Crippen LogP contribution in [0.25, 0.3) is 0 Å². The zero-order valence-electron chi connectivity index (χ0n) is 27.3. The molecule has 0 aliphatic rings. The molecule has 1 aromatic heterocycles. The molecule has 0 bridgehead atoms. The third kappa shape index (κ3) is 12.6. The molecule has 226 valence electrons. The summed E-state index contributed by atoms with van der Waals surface area (Å²) in [5.74, 6) is 2.00. The van der Waals surface area contributed by atoms with Gasteiger partial charge in [-0.25, -0.2) is 9.97 Å². The molecular formula is C36H56N4O. The molecule has 3 aromatic rings. The Kier molecular flexibility index (Phi) is 18.2. The van der Waals surface area contributed by atoms with E-state index >= 15 is 0 Å². The zero-order valence-corrected chi connectivity index (χ0v) is 27.3. The highest BCUT2D eigenvalue weighted by Crippen LogP contribution is 2.20. The molecule has 2 unspecified atom stereocenters. The molecule has 3 rings (SSSR count). The molecule has 1 amide bonds. The zero-order chi connectivity index (χ0) is 30.6. The van der Waals surface area contributed by atoms with Gasteiger partial charge in [0, 0.05) is 25.8 Å². The topological polar surface area (TPSA) is 58.1 Å². The number of aryl methyl sites for hydroxylation is 3. The Balaban J connectivity index is 0.000000469. The molecular weight excluding hydrogens is 504 g/mol. The molecule has 0 saturated carbocycles. The number of benzene rings is 2. The summed E-state index contributed by atoms with van der Waals surface area (Å²) in [5, 5.41) is 3.25. The second-order valence-electron chi connectivity index (χ2n) is 10.5. The Bertz CT molecular complexity index is 1110. The van der Waals surface area contributed by atoms with Gasteiger partial charge in [0.15, 0.2) is 0 Å².